The van der Waals surface area contributed by atoms with Crippen molar-refractivity contribution in [1.82, 2.24) is 10.6 Å². The van der Waals surface area contributed by atoms with E-state index in [9.17, 15) is 5.11 Å². The predicted molar refractivity (Wildman–Crippen MR) is 75.7 cm³/mol. The van der Waals surface area contributed by atoms with E-state index < -0.39 is 5.60 Å². The number of aliphatic hydroxyl groups is 1. The molecule has 0 bridgehead atoms. The first kappa shape index (κ1) is 14.3. The first-order chi connectivity index (χ1) is 8.49. The molecule has 0 spiro atoms. The van der Waals surface area contributed by atoms with E-state index in [0.29, 0.717) is 11.5 Å². The third kappa shape index (κ3) is 4.22. The van der Waals surface area contributed by atoms with Crippen molar-refractivity contribution in [2.24, 2.45) is 5.41 Å². The van der Waals surface area contributed by atoms with Crippen molar-refractivity contribution < 1.29 is 5.11 Å². The molecule has 3 heteroatoms. The van der Waals surface area contributed by atoms with E-state index in [4.69, 9.17) is 0 Å². The normalized spacial score (nSPS) is 31.2. The van der Waals surface area contributed by atoms with Crippen LogP contribution in [0.2, 0.25) is 0 Å². The molecule has 0 aromatic rings. The van der Waals surface area contributed by atoms with Crippen molar-refractivity contribution in [3.8, 4) is 0 Å². The second kappa shape index (κ2) is 5.89. The molecule has 1 saturated carbocycles. The van der Waals surface area contributed by atoms with E-state index in [1.54, 1.807) is 0 Å². The fourth-order valence-corrected chi connectivity index (χ4v) is 3.15. The Morgan fingerprint density at radius 1 is 1.17 bits per heavy atom. The molecule has 0 aromatic carbocycles. The number of hydrogen-bond donors (Lipinski definition) is 3. The smallest absolute Gasteiger partial charge is 0.0772 e. The average Bonchev–Trinajstić information content (AvgIpc) is 2.35. The van der Waals surface area contributed by atoms with Crippen LogP contribution in [0.3, 0.4) is 0 Å². The van der Waals surface area contributed by atoms with Gasteiger partial charge in [0, 0.05) is 19.1 Å². The Kier molecular flexibility index (Phi) is 4.68. The number of piperidine rings is 1. The van der Waals surface area contributed by atoms with E-state index in [1.807, 2.05) is 0 Å². The van der Waals surface area contributed by atoms with Crippen molar-refractivity contribution in [2.75, 3.05) is 19.6 Å². The van der Waals surface area contributed by atoms with Crippen LogP contribution in [0.15, 0.2) is 0 Å². The second-order valence-electron chi connectivity index (χ2n) is 7.17. The fraction of sp³-hybridized carbons (Fsp3) is 1.00. The van der Waals surface area contributed by atoms with Crippen molar-refractivity contribution in [1.29, 1.82) is 0 Å². The lowest BCUT2D eigenvalue weighted by atomic mass is 9.71. The van der Waals surface area contributed by atoms with Gasteiger partial charge >= 0.3 is 0 Å². The molecule has 1 saturated heterocycles. The number of nitrogens with one attached hydrogen (secondary N) is 2. The molecule has 3 nitrogen and oxygen atoms in total. The minimum Gasteiger partial charge on any atom is -0.389 e. The summed E-state index contributed by atoms with van der Waals surface area (Å²) < 4.78 is 0. The van der Waals surface area contributed by atoms with Crippen molar-refractivity contribution in [2.45, 2.75) is 70.4 Å². The highest BCUT2D eigenvalue weighted by Crippen LogP contribution is 2.39. The lowest BCUT2D eigenvalue weighted by Gasteiger charge is -2.40. The van der Waals surface area contributed by atoms with Crippen LogP contribution >= 0.6 is 0 Å². The predicted octanol–water partition coefficient (Wildman–Crippen LogP) is 2.05. The third-order valence-corrected chi connectivity index (χ3v) is 4.79. The molecule has 0 radical (unpaired) electrons. The van der Waals surface area contributed by atoms with Crippen LogP contribution in [0.4, 0.5) is 0 Å². The monoisotopic (exact) mass is 254 g/mol. The van der Waals surface area contributed by atoms with Gasteiger partial charge in [0.1, 0.15) is 0 Å². The molecule has 1 unspecified atom stereocenters. The molecule has 1 aliphatic carbocycles. The van der Waals surface area contributed by atoms with Gasteiger partial charge in [-0.3, -0.25) is 0 Å². The quantitative estimate of drug-likeness (QED) is 0.719. The zero-order valence-corrected chi connectivity index (χ0v) is 12.1. The van der Waals surface area contributed by atoms with Crippen LogP contribution in [-0.4, -0.2) is 36.4 Å². The maximum Gasteiger partial charge on any atom is 0.0772 e. The van der Waals surface area contributed by atoms with Gasteiger partial charge < -0.3 is 15.7 Å². The number of rotatable bonds is 4. The SMILES string of the molecule is CC1(C)CCC(O)(CNCC2CCCCN2)CC1. The Morgan fingerprint density at radius 3 is 2.50 bits per heavy atom. The van der Waals surface area contributed by atoms with Crippen LogP contribution in [0.1, 0.15) is 58.8 Å². The minimum atomic E-state index is -0.454. The molecule has 106 valence electrons. The molecule has 18 heavy (non-hydrogen) atoms. The van der Waals surface area contributed by atoms with Crippen molar-refractivity contribution in [3.05, 3.63) is 0 Å². The van der Waals surface area contributed by atoms with Gasteiger partial charge in [-0.1, -0.05) is 20.3 Å². The highest BCUT2D eigenvalue weighted by molar-refractivity contribution is 4.91. The Hall–Kier alpha value is -0.120. The summed E-state index contributed by atoms with van der Waals surface area (Å²) in [4.78, 5) is 0. The largest absolute Gasteiger partial charge is 0.389 e. The summed E-state index contributed by atoms with van der Waals surface area (Å²) in [6.45, 7) is 7.55. The van der Waals surface area contributed by atoms with Gasteiger partial charge in [0.25, 0.3) is 0 Å². The molecule has 2 aliphatic rings. The first-order valence-electron chi connectivity index (χ1n) is 7.66. The Labute approximate surface area is 112 Å². The maximum atomic E-state index is 10.6. The number of hydrogen-bond acceptors (Lipinski definition) is 3. The molecule has 2 rings (SSSR count). The Balaban J connectivity index is 1.66. The topological polar surface area (TPSA) is 44.3 Å². The summed E-state index contributed by atoms with van der Waals surface area (Å²) >= 11 is 0. The summed E-state index contributed by atoms with van der Waals surface area (Å²) in [5.74, 6) is 0. The van der Waals surface area contributed by atoms with Gasteiger partial charge in [-0.25, -0.2) is 0 Å². The summed E-state index contributed by atoms with van der Waals surface area (Å²) in [5, 5.41) is 17.6. The van der Waals surface area contributed by atoms with E-state index in [0.717, 1.165) is 45.3 Å². The molecule has 0 amide bonds. The first-order valence-corrected chi connectivity index (χ1v) is 7.66. The molecule has 1 aliphatic heterocycles. The lowest BCUT2D eigenvalue weighted by Crippen LogP contribution is -2.49. The zero-order valence-electron chi connectivity index (χ0n) is 12.1. The Morgan fingerprint density at radius 2 is 1.89 bits per heavy atom. The van der Waals surface area contributed by atoms with E-state index in [2.05, 4.69) is 24.5 Å². The maximum absolute atomic E-state index is 10.6. The molecule has 0 aromatic heterocycles. The van der Waals surface area contributed by atoms with Gasteiger partial charge in [0.15, 0.2) is 0 Å². The second-order valence-corrected chi connectivity index (χ2v) is 7.17. The molecule has 2 fully saturated rings. The average molecular weight is 254 g/mol. The molecule has 1 heterocycles. The van der Waals surface area contributed by atoms with Gasteiger partial charge in [-0.15, -0.1) is 0 Å². The summed E-state index contributed by atoms with van der Waals surface area (Å²) in [7, 11) is 0. The molecule has 3 N–H and O–H groups in total. The summed E-state index contributed by atoms with van der Waals surface area (Å²) in [6, 6.07) is 0.613. The fourth-order valence-electron chi connectivity index (χ4n) is 3.15. The van der Waals surface area contributed by atoms with Crippen molar-refractivity contribution in [3.63, 3.8) is 0 Å². The van der Waals surface area contributed by atoms with Crippen LogP contribution < -0.4 is 10.6 Å². The van der Waals surface area contributed by atoms with Crippen LogP contribution in [0.25, 0.3) is 0 Å². The lowest BCUT2D eigenvalue weighted by molar-refractivity contribution is -0.0245. The molecular weight excluding hydrogens is 224 g/mol. The highest BCUT2D eigenvalue weighted by Gasteiger charge is 2.36. The molecule has 1 atom stereocenters. The molecular formula is C15H30N2O. The summed E-state index contributed by atoms with van der Waals surface area (Å²) in [5.41, 5.74) is -0.0264. The standard InChI is InChI=1S/C15H30N2O/c1-14(2)6-8-15(18,9-7-14)12-16-11-13-5-3-4-10-17-13/h13,16-18H,3-12H2,1-2H3. The van der Waals surface area contributed by atoms with E-state index >= 15 is 0 Å². The van der Waals surface area contributed by atoms with Gasteiger partial charge in [0.05, 0.1) is 5.60 Å². The van der Waals surface area contributed by atoms with E-state index in [-0.39, 0.29) is 0 Å². The zero-order chi connectivity index (χ0) is 13.1. The summed E-state index contributed by atoms with van der Waals surface area (Å²) in [6.07, 6.45) is 8.13. The van der Waals surface area contributed by atoms with Crippen LogP contribution in [-0.2, 0) is 0 Å². The van der Waals surface area contributed by atoms with Crippen LogP contribution in [0, 0.1) is 5.41 Å². The highest BCUT2D eigenvalue weighted by atomic mass is 16.3. The van der Waals surface area contributed by atoms with Crippen LogP contribution in [0.5, 0.6) is 0 Å². The Bertz CT molecular complexity index is 249. The minimum absolute atomic E-state index is 0.428. The van der Waals surface area contributed by atoms with Gasteiger partial charge in [0.2, 0.25) is 0 Å². The van der Waals surface area contributed by atoms with E-state index in [1.165, 1.54) is 19.3 Å². The van der Waals surface area contributed by atoms with Gasteiger partial charge in [-0.05, 0) is 50.5 Å². The van der Waals surface area contributed by atoms with Crippen molar-refractivity contribution >= 4 is 0 Å². The third-order valence-electron chi connectivity index (χ3n) is 4.79. The van der Waals surface area contributed by atoms with Gasteiger partial charge in [-0.2, -0.15) is 0 Å².